The smallest absolute Gasteiger partial charge is 0.123 e. The van der Waals surface area contributed by atoms with Crippen molar-refractivity contribution in [1.29, 1.82) is 0 Å². The van der Waals surface area contributed by atoms with Crippen molar-refractivity contribution in [1.82, 2.24) is 0 Å². The fourth-order valence-corrected chi connectivity index (χ4v) is 2.51. The molecule has 1 saturated carbocycles. The highest BCUT2D eigenvalue weighted by Crippen LogP contribution is 2.37. The van der Waals surface area contributed by atoms with Crippen LogP contribution in [-0.4, -0.2) is 7.11 Å². The van der Waals surface area contributed by atoms with Gasteiger partial charge in [-0.2, -0.15) is 0 Å². The average molecular weight is 205 g/mol. The molecule has 0 saturated heterocycles. The van der Waals surface area contributed by atoms with Crippen LogP contribution < -0.4 is 10.5 Å². The predicted molar refractivity (Wildman–Crippen MR) is 61.9 cm³/mol. The van der Waals surface area contributed by atoms with E-state index in [2.05, 4.69) is 6.07 Å². The number of ether oxygens (including phenoxy) is 1. The zero-order valence-corrected chi connectivity index (χ0v) is 9.28. The van der Waals surface area contributed by atoms with E-state index in [-0.39, 0.29) is 6.04 Å². The second-order valence-electron chi connectivity index (χ2n) is 4.31. The molecule has 1 aromatic rings. The average Bonchev–Trinajstić information content (AvgIpc) is 2.81. The second kappa shape index (κ2) is 4.67. The maximum absolute atomic E-state index is 6.30. The standard InChI is InChI=1S/C13H19NO/c1-15-12-9-5-4-8-11(12)13(14)10-6-2-3-7-10/h4-5,8-10,13H,2-3,6-7,14H2,1H3. The van der Waals surface area contributed by atoms with Gasteiger partial charge in [-0.3, -0.25) is 0 Å². The summed E-state index contributed by atoms with van der Waals surface area (Å²) in [6, 6.07) is 8.24. The van der Waals surface area contributed by atoms with Gasteiger partial charge in [0.15, 0.2) is 0 Å². The molecule has 0 aliphatic heterocycles. The van der Waals surface area contributed by atoms with E-state index < -0.39 is 0 Å². The van der Waals surface area contributed by atoms with E-state index in [0.717, 1.165) is 11.3 Å². The van der Waals surface area contributed by atoms with E-state index in [1.54, 1.807) is 7.11 Å². The van der Waals surface area contributed by atoms with Crippen LogP contribution in [0.4, 0.5) is 0 Å². The highest BCUT2D eigenvalue weighted by Gasteiger charge is 2.24. The molecule has 0 amide bonds. The molecule has 2 N–H and O–H groups in total. The molecule has 0 aromatic heterocycles. The lowest BCUT2D eigenvalue weighted by Crippen LogP contribution is -2.19. The Bertz CT molecular complexity index is 318. The van der Waals surface area contributed by atoms with Gasteiger partial charge in [0.1, 0.15) is 5.75 Å². The van der Waals surface area contributed by atoms with Crippen molar-refractivity contribution in [2.24, 2.45) is 11.7 Å². The molecule has 82 valence electrons. The van der Waals surface area contributed by atoms with Crippen molar-refractivity contribution < 1.29 is 4.74 Å². The molecule has 2 nitrogen and oxygen atoms in total. The third kappa shape index (κ3) is 2.15. The lowest BCUT2D eigenvalue weighted by molar-refractivity contribution is 0.385. The van der Waals surface area contributed by atoms with E-state index in [1.165, 1.54) is 25.7 Å². The van der Waals surface area contributed by atoms with Crippen LogP contribution in [0.5, 0.6) is 5.75 Å². The number of benzene rings is 1. The van der Waals surface area contributed by atoms with Crippen LogP contribution >= 0.6 is 0 Å². The summed E-state index contributed by atoms with van der Waals surface area (Å²) in [6.45, 7) is 0. The topological polar surface area (TPSA) is 35.2 Å². The summed E-state index contributed by atoms with van der Waals surface area (Å²) >= 11 is 0. The minimum atomic E-state index is 0.142. The highest BCUT2D eigenvalue weighted by molar-refractivity contribution is 5.36. The van der Waals surface area contributed by atoms with E-state index in [9.17, 15) is 0 Å². The van der Waals surface area contributed by atoms with Crippen LogP contribution in [0.3, 0.4) is 0 Å². The number of hydrogen-bond donors (Lipinski definition) is 1. The van der Waals surface area contributed by atoms with E-state index in [0.29, 0.717) is 5.92 Å². The summed E-state index contributed by atoms with van der Waals surface area (Å²) < 4.78 is 5.35. The largest absolute Gasteiger partial charge is 0.496 e. The highest BCUT2D eigenvalue weighted by atomic mass is 16.5. The molecule has 0 radical (unpaired) electrons. The fraction of sp³-hybridized carbons (Fsp3) is 0.538. The van der Waals surface area contributed by atoms with Gasteiger partial charge in [0, 0.05) is 11.6 Å². The van der Waals surface area contributed by atoms with Crippen LogP contribution in [0.1, 0.15) is 37.3 Å². The van der Waals surface area contributed by atoms with Gasteiger partial charge in [-0.25, -0.2) is 0 Å². The first-order valence-corrected chi connectivity index (χ1v) is 5.71. The predicted octanol–water partition coefficient (Wildman–Crippen LogP) is 2.89. The first kappa shape index (κ1) is 10.5. The third-order valence-electron chi connectivity index (χ3n) is 3.41. The Morgan fingerprint density at radius 2 is 1.93 bits per heavy atom. The molecule has 15 heavy (non-hydrogen) atoms. The molecule has 2 rings (SSSR count). The molecular weight excluding hydrogens is 186 g/mol. The Labute approximate surface area is 91.4 Å². The molecule has 0 spiro atoms. The lowest BCUT2D eigenvalue weighted by Gasteiger charge is -2.21. The SMILES string of the molecule is COc1ccccc1C(N)C1CCCC1. The maximum atomic E-state index is 6.30. The quantitative estimate of drug-likeness (QED) is 0.823. The zero-order valence-electron chi connectivity index (χ0n) is 9.28. The molecule has 1 atom stereocenters. The number of methoxy groups -OCH3 is 1. The molecule has 1 unspecified atom stereocenters. The molecule has 2 heteroatoms. The van der Waals surface area contributed by atoms with Gasteiger partial charge in [0.2, 0.25) is 0 Å². The summed E-state index contributed by atoms with van der Waals surface area (Å²) in [6.07, 6.45) is 5.18. The van der Waals surface area contributed by atoms with Crippen molar-refractivity contribution in [2.45, 2.75) is 31.7 Å². The number of hydrogen-bond acceptors (Lipinski definition) is 2. The summed E-state index contributed by atoms with van der Waals surface area (Å²) in [7, 11) is 1.71. The number of rotatable bonds is 3. The number of nitrogens with two attached hydrogens (primary N) is 1. The fourth-order valence-electron chi connectivity index (χ4n) is 2.51. The number of para-hydroxylation sites is 1. The van der Waals surface area contributed by atoms with Crippen LogP contribution in [0.15, 0.2) is 24.3 Å². The normalized spacial score (nSPS) is 19.1. The van der Waals surface area contributed by atoms with E-state index in [4.69, 9.17) is 10.5 Å². The van der Waals surface area contributed by atoms with Crippen molar-refractivity contribution in [3.05, 3.63) is 29.8 Å². The van der Waals surface area contributed by atoms with Crippen molar-refractivity contribution >= 4 is 0 Å². The van der Waals surface area contributed by atoms with Crippen molar-refractivity contribution in [2.75, 3.05) is 7.11 Å². The van der Waals surface area contributed by atoms with Gasteiger partial charge in [-0.1, -0.05) is 31.0 Å². The molecule has 1 aliphatic carbocycles. The Balaban J connectivity index is 2.19. The first-order valence-electron chi connectivity index (χ1n) is 5.71. The van der Waals surface area contributed by atoms with Crippen LogP contribution in [0, 0.1) is 5.92 Å². The zero-order chi connectivity index (χ0) is 10.7. The Kier molecular flexibility index (Phi) is 3.27. The van der Waals surface area contributed by atoms with Gasteiger partial charge in [0.05, 0.1) is 7.11 Å². The molecular formula is C13H19NO. The summed E-state index contributed by atoms with van der Waals surface area (Å²) in [4.78, 5) is 0. The Morgan fingerprint density at radius 3 is 2.60 bits per heavy atom. The van der Waals surface area contributed by atoms with E-state index >= 15 is 0 Å². The minimum Gasteiger partial charge on any atom is -0.496 e. The maximum Gasteiger partial charge on any atom is 0.123 e. The Hall–Kier alpha value is -1.02. The Morgan fingerprint density at radius 1 is 1.27 bits per heavy atom. The van der Waals surface area contributed by atoms with Crippen LogP contribution in [-0.2, 0) is 0 Å². The van der Waals surface area contributed by atoms with Crippen LogP contribution in [0.25, 0.3) is 0 Å². The first-order chi connectivity index (χ1) is 7.33. The van der Waals surface area contributed by atoms with Gasteiger partial charge in [-0.15, -0.1) is 0 Å². The van der Waals surface area contributed by atoms with Crippen LogP contribution in [0.2, 0.25) is 0 Å². The van der Waals surface area contributed by atoms with Gasteiger partial charge < -0.3 is 10.5 Å². The molecule has 1 aromatic carbocycles. The molecule has 1 fully saturated rings. The molecule has 0 heterocycles. The lowest BCUT2D eigenvalue weighted by atomic mass is 9.92. The van der Waals surface area contributed by atoms with Crippen molar-refractivity contribution in [3.8, 4) is 5.75 Å². The van der Waals surface area contributed by atoms with Gasteiger partial charge >= 0.3 is 0 Å². The molecule has 1 aliphatic rings. The van der Waals surface area contributed by atoms with Crippen molar-refractivity contribution in [3.63, 3.8) is 0 Å². The summed E-state index contributed by atoms with van der Waals surface area (Å²) in [5.41, 5.74) is 7.46. The third-order valence-corrected chi connectivity index (χ3v) is 3.41. The minimum absolute atomic E-state index is 0.142. The summed E-state index contributed by atoms with van der Waals surface area (Å²) in [5, 5.41) is 0. The van der Waals surface area contributed by atoms with Gasteiger partial charge in [-0.05, 0) is 24.8 Å². The molecule has 0 bridgehead atoms. The van der Waals surface area contributed by atoms with Gasteiger partial charge in [0.25, 0.3) is 0 Å². The van der Waals surface area contributed by atoms with E-state index in [1.807, 2.05) is 18.2 Å². The second-order valence-corrected chi connectivity index (χ2v) is 4.31. The monoisotopic (exact) mass is 205 g/mol. The summed E-state index contributed by atoms with van der Waals surface area (Å²) in [5.74, 6) is 1.57.